The van der Waals surface area contributed by atoms with E-state index in [0.29, 0.717) is 48.4 Å². The number of aliphatic hydroxyl groups is 3. The highest BCUT2D eigenvalue weighted by Gasteiger charge is 2.42. The number of aliphatic hydroxyl groups excluding tert-OH is 2. The Hall–Kier alpha value is -2.65. The first-order valence-corrected chi connectivity index (χ1v) is 15.8. The lowest BCUT2D eigenvalue weighted by Crippen LogP contribution is -2.32. The Labute approximate surface area is 248 Å². The van der Waals surface area contributed by atoms with E-state index in [1.54, 1.807) is 60.3 Å². The van der Waals surface area contributed by atoms with E-state index in [0.717, 1.165) is 25.7 Å². The van der Waals surface area contributed by atoms with Gasteiger partial charge in [0, 0.05) is 41.0 Å². The minimum absolute atomic E-state index is 0.0666. The molecule has 0 bridgehead atoms. The molecule has 0 spiro atoms. The van der Waals surface area contributed by atoms with Crippen LogP contribution in [0.5, 0.6) is 5.75 Å². The van der Waals surface area contributed by atoms with E-state index in [-0.39, 0.29) is 29.5 Å². The van der Waals surface area contributed by atoms with Crippen LogP contribution in [0.15, 0.2) is 66.7 Å². The molecule has 1 amide bonds. The Bertz CT molecular complexity index is 1100. The van der Waals surface area contributed by atoms with Gasteiger partial charge < -0.3 is 25.4 Å². The summed E-state index contributed by atoms with van der Waals surface area (Å²) in [6, 6.07) is 15.6. The molecule has 1 saturated carbocycles. The highest BCUT2D eigenvalue weighted by molar-refractivity contribution is 8.00. The third-order valence-corrected chi connectivity index (χ3v) is 9.23. The quantitative estimate of drug-likeness (QED) is 0.0812. The van der Waals surface area contributed by atoms with Crippen molar-refractivity contribution in [2.24, 2.45) is 5.92 Å². The number of hydrogen-bond donors (Lipinski definition) is 4. The largest absolute Gasteiger partial charge is 0.427 e. The second-order valence-electron chi connectivity index (χ2n) is 11.2. The molecule has 4 N–H and O–H groups in total. The van der Waals surface area contributed by atoms with Gasteiger partial charge in [0.2, 0.25) is 0 Å². The zero-order valence-electron chi connectivity index (χ0n) is 24.2. The summed E-state index contributed by atoms with van der Waals surface area (Å²) in [6.07, 6.45) is 9.44. The lowest BCUT2D eigenvalue weighted by Gasteiger charge is -2.28. The van der Waals surface area contributed by atoms with Crippen molar-refractivity contribution < 1.29 is 29.6 Å². The van der Waals surface area contributed by atoms with Gasteiger partial charge in [-0.1, -0.05) is 56.5 Å². The average molecular weight is 584 g/mol. The smallest absolute Gasteiger partial charge is 0.311 e. The Morgan fingerprint density at radius 1 is 1.02 bits per heavy atom. The normalized spacial score (nSPS) is 22.0. The number of hydrogen-bond acceptors (Lipinski definition) is 7. The Morgan fingerprint density at radius 2 is 1.76 bits per heavy atom. The Morgan fingerprint density at radius 3 is 2.46 bits per heavy atom. The number of esters is 1. The fourth-order valence-electron chi connectivity index (χ4n) is 5.01. The van der Waals surface area contributed by atoms with Crippen molar-refractivity contribution in [2.75, 3.05) is 11.1 Å². The molecule has 41 heavy (non-hydrogen) atoms. The average Bonchev–Trinajstić information content (AvgIpc) is 3.22. The van der Waals surface area contributed by atoms with E-state index in [2.05, 4.69) is 12.2 Å². The van der Waals surface area contributed by atoms with Crippen molar-refractivity contribution in [3.05, 3.63) is 72.3 Å². The van der Waals surface area contributed by atoms with Gasteiger partial charge >= 0.3 is 5.97 Å². The summed E-state index contributed by atoms with van der Waals surface area (Å²) in [5, 5.41) is 34.4. The first-order chi connectivity index (χ1) is 19.7. The molecule has 1 fully saturated rings. The van der Waals surface area contributed by atoms with Gasteiger partial charge in [0.25, 0.3) is 5.91 Å². The van der Waals surface area contributed by atoms with Crippen LogP contribution in [0.1, 0.15) is 82.0 Å². The molecule has 2 aromatic carbocycles. The number of thioether (sulfide) groups is 1. The van der Waals surface area contributed by atoms with Gasteiger partial charge in [0.15, 0.2) is 0 Å². The predicted molar refractivity (Wildman–Crippen MR) is 165 cm³/mol. The second-order valence-corrected chi connectivity index (χ2v) is 12.3. The first-order valence-electron chi connectivity index (χ1n) is 14.7. The van der Waals surface area contributed by atoms with E-state index < -0.39 is 17.8 Å². The van der Waals surface area contributed by atoms with Crippen molar-refractivity contribution in [3.8, 4) is 5.75 Å². The number of allylic oxidation sites excluding steroid dienone is 2. The molecule has 3 rings (SSSR count). The molecule has 0 aliphatic heterocycles. The number of ether oxygens (including phenoxy) is 1. The maximum absolute atomic E-state index is 12.3. The SMILES string of the molecule is CCCCCC(C)(O)CS[C@H]1C(O)CC(O)[C@@H]1CC=CCCCC(=O)Oc1ccc(NC(=O)c2ccccc2)cc1. The molecule has 0 radical (unpaired) electrons. The van der Waals surface area contributed by atoms with Crippen molar-refractivity contribution in [1.29, 1.82) is 0 Å². The number of carbonyl (C=O) groups excluding carboxylic acids is 2. The number of carbonyl (C=O) groups is 2. The number of rotatable bonds is 16. The number of anilines is 1. The molecule has 3 unspecified atom stereocenters. The van der Waals surface area contributed by atoms with Crippen molar-refractivity contribution in [1.82, 2.24) is 0 Å². The van der Waals surface area contributed by atoms with Gasteiger partial charge in [-0.2, -0.15) is 11.8 Å². The standard InChI is InChI=1S/C33H45NO6S/c1-3-4-12-21-33(2,39)23-41-31-27(28(35)22-29(31)36)15-10-5-6-11-16-30(37)40-26-19-17-25(18-20-26)34-32(38)24-13-8-7-9-14-24/h5,7-10,13-14,17-20,27-29,31,35-36,39H,3-4,6,11-12,15-16,21-23H2,1-2H3,(H,34,38)/t27-,28?,29?,31+,33?/m0/s1. The summed E-state index contributed by atoms with van der Waals surface area (Å²) in [5.74, 6) is 0.366. The minimum atomic E-state index is -0.775. The molecule has 0 aromatic heterocycles. The number of benzene rings is 2. The number of amides is 1. The van der Waals surface area contributed by atoms with Crippen molar-refractivity contribution >= 4 is 29.3 Å². The maximum atomic E-state index is 12.3. The first kappa shape index (κ1) is 32.9. The number of nitrogens with one attached hydrogen (secondary N) is 1. The predicted octanol–water partition coefficient (Wildman–Crippen LogP) is 6.14. The molecule has 0 heterocycles. The third-order valence-electron chi connectivity index (χ3n) is 7.39. The molecule has 8 heteroatoms. The molecular weight excluding hydrogens is 538 g/mol. The fourth-order valence-corrected chi connectivity index (χ4v) is 6.58. The van der Waals surface area contributed by atoms with E-state index in [9.17, 15) is 24.9 Å². The molecule has 5 atom stereocenters. The minimum Gasteiger partial charge on any atom is -0.427 e. The lowest BCUT2D eigenvalue weighted by molar-refractivity contribution is -0.134. The zero-order chi connectivity index (χ0) is 29.7. The molecular formula is C33H45NO6S. The molecule has 1 aliphatic rings. The third kappa shape index (κ3) is 11.3. The summed E-state index contributed by atoms with van der Waals surface area (Å²) in [6.45, 7) is 4.00. The molecule has 1 aliphatic carbocycles. The van der Waals surface area contributed by atoms with Crippen LogP contribution in [0, 0.1) is 5.92 Å². The highest BCUT2D eigenvalue weighted by Crippen LogP contribution is 2.39. The van der Waals surface area contributed by atoms with Crippen LogP contribution < -0.4 is 10.1 Å². The fraction of sp³-hybridized carbons (Fsp3) is 0.515. The summed E-state index contributed by atoms with van der Waals surface area (Å²) in [7, 11) is 0. The van der Waals surface area contributed by atoms with Crippen molar-refractivity contribution in [2.45, 2.75) is 94.7 Å². The zero-order valence-corrected chi connectivity index (χ0v) is 25.0. The van der Waals surface area contributed by atoms with Gasteiger partial charge in [-0.25, -0.2) is 0 Å². The maximum Gasteiger partial charge on any atom is 0.311 e. The van der Waals surface area contributed by atoms with Gasteiger partial charge in [0.1, 0.15) is 5.75 Å². The monoisotopic (exact) mass is 583 g/mol. The summed E-state index contributed by atoms with van der Waals surface area (Å²) in [4.78, 5) is 24.5. The van der Waals surface area contributed by atoms with Crippen LogP contribution in [0.3, 0.4) is 0 Å². The van der Waals surface area contributed by atoms with E-state index in [1.807, 2.05) is 25.1 Å². The van der Waals surface area contributed by atoms with Gasteiger partial charge in [-0.15, -0.1) is 0 Å². The van der Waals surface area contributed by atoms with Gasteiger partial charge in [0.05, 0.1) is 17.8 Å². The van der Waals surface area contributed by atoms with Crippen LogP contribution in [0.25, 0.3) is 0 Å². The topological polar surface area (TPSA) is 116 Å². The lowest BCUT2D eigenvalue weighted by atomic mass is 10.0. The van der Waals surface area contributed by atoms with E-state index in [1.165, 1.54) is 0 Å². The van der Waals surface area contributed by atoms with E-state index in [4.69, 9.17) is 4.74 Å². The molecule has 7 nitrogen and oxygen atoms in total. The summed E-state index contributed by atoms with van der Waals surface area (Å²) >= 11 is 1.57. The van der Waals surface area contributed by atoms with Gasteiger partial charge in [-0.3, -0.25) is 9.59 Å². The molecule has 0 saturated heterocycles. The van der Waals surface area contributed by atoms with Crippen molar-refractivity contribution in [3.63, 3.8) is 0 Å². The van der Waals surface area contributed by atoms with Crippen LogP contribution in [-0.4, -0.2) is 56.0 Å². The molecule has 224 valence electrons. The highest BCUT2D eigenvalue weighted by atomic mass is 32.2. The van der Waals surface area contributed by atoms with Crippen LogP contribution >= 0.6 is 11.8 Å². The van der Waals surface area contributed by atoms with E-state index >= 15 is 0 Å². The Kier molecular flexibility index (Phi) is 13.4. The summed E-state index contributed by atoms with van der Waals surface area (Å²) < 4.78 is 5.41. The van der Waals surface area contributed by atoms with Crippen LogP contribution in [-0.2, 0) is 4.79 Å². The van der Waals surface area contributed by atoms with Crippen LogP contribution in [0.2, 0.25) is 0 Å². The molecule has 2 aromatic rings. The van der Waals surface area contributed by atoms with Crippen LogP contribution in [0.4, 0.5) is 5.69 Å². The number of unbranched alkanes of at least 4 members (excludes halogenated alkanes) is 3. The second kappa shape index (κ2) is 16.7. The summed E-state index contributed by atoms with van der Waals surface area (Å²) in [5.41, 5.74) is 0.402. The van der Waals surface area contributed by atoms with Gasteiger partial charge in [-0.05, 0) is 69.0 Å². The Balaban J connectivity index is 1.35.